The molecule has 0 bridgehead atoms. The molecule has 0 saturated carbocycles. The zero-order chi connectivity index (χ0) is 9.10. The third kappa shape index (κ3) is 1.59. The Bertz CT molecular complexity index is 378. The van der Waals surface area contributed by atoms with Gasteiger partial charge in [-0.3, -0.25) is 9.67 Å². The van der Waals surface area contributed by atoms with Crippen molar-refractivity contribution in [2.24, 2.45) is 0 Å². The minimum Gasteiger partial charge on any atom is -0.272 e. The maximum atomic E-state index is 4.31. The summed E-state index contributed by atoms with van der Waals surface area (Å²) in [5.41, 5.74) is 1.98. The molecule has 0 saturated heterocycles. The molecule has 0 aliphatic rings. The summed E-state index contributed by atoms with van der Waals surface area (Å²) in [7, 11) is 0. The molecule has 3 nitrogen and oxygen atoms in total. The van der Waals surface area contributed by atoms with Crippen LogP contribution in [0, 0.1) is 6.92 Å². The standard InChI is InChI=1S/C10H10N3/c1-2-13-7-5-10(12-13)9-4-3-6-11-8-9/h3-8H,1-2H2. The molecule has 0 atom stereocenters. The highest BCUT2D eigenvalue weighted by atomic mass is 15.3. The van der Waals surface area contributed by atoms with E-state index in [1.807, 2.05) is 24.4 Å². The second-order valence-corrected chi connectivity index (χ2v) is 2.71. The van der Waals surface area contributed by atoms with Gasteiger partial charge in [-0.15, -0.1) is 0 Å². The maximum absolute atomic E-state index is 4.31. The molecule has 0 amide bonds. The SMILES string of the molecule is [CH2]Cn1ccc(-c2cccnc2)n1. The van der Waals surface area contributed by atoms with E-state index in [4.69, 9.17) is 0 Å². The summed E-state index contributed by atoms with van der Waals surface area (Å²) in [6, 6.07) is 5.85. The number of hydrogen-bond donors (Lipinski definition) is 0. The van der Waals surface area contributed by atoms with Crippen LogP contribution in [0.3, 0.4) is 0 Å². The molecule has 2 aromatic heterocycles. The van der Waals surface area contributed by atoms with Crippen LogP contribution in [0.1, 0.15) is 0 Å². The largest absolute Gasteiger partial charge is 0.272 e. The lowest BCUT2D eigenvalue weighted by Crippen LogP contribution is -1.94. The molecule has 2 rings (SSSR count). The van der Waals surface area contributed by atoms with Crippen molar-refractivity contribution in [1.82, 2.24) is 14.8 Å². The summed E-state index contributed by atoms with van der Waals surface area (Å²) in [6.45, 7) is 4.40. The van der Waals surface area contributed by atoms with Gasteiger partial charge in [-0.25, -0.2) is 0 Å². The van der Waals surface area contributed by atoms with Crippen LogP contribution in [-0.4, -0.2) is 14.8 Å². The van der Waals surface area contributed by atoms with Gasteiger partial charge in [-0.2, -0.15) is 5.10 Å². The number of hydrogen-bond acceptors (Lipinski definition) is 2. The Morgan fingerprint density at radius 3 is 2.92 bits per heavy atom. The van der Waals surface area contributed by atoms with Gasteiger partial charge in [-0.1, -0.05) is 0 Å². The molecule has 0 aliphatic heterocycles. The van der Waals surface area contributed by atoms with E-state index in [0.717, 1.165) is 11.3 Å². The molecule has 0 fully saturated rings. The van der Waals surface area contributed by atoms with Crippen molar-refractivity contribution < 1.29 is 0 Å². The highest BCUT2D eigenvalue weighted by Gasteiger charge is 1.99. The molecule has 2 aromatic rings. The first-order valence-corrected chi connectivity index (χ1v) is 4.13. The third-order valence-corrected chi connectivity index (χ3v) is 1.83. The molecular formula is C10H10N3. The van der Waals surface area contributed by atoms with Crippen molar-refractivity contribution in [3.05, 3.63) is 43.7 Å². The lowest BCUT2D eigenvalue weighted by Gasteiger charge is -1.94. The van der Waals surface area contributed by atoms with Gasteiger partial charge in [0, 0.05) is 30.7 Å². The van der Waals surface area contributed by atoms with Crippen LogP contribution in [0.2, 0.25) is 0 Å². The Labute approximate surface area is 77.0 Å². The van der Waals surface area contributed by atoms with Gasteiger partial charge in [0.1, 0.15) is 0 Å². The Morgan fingerprint density at radius 2 is 2.31 bits per heavy atom. The molecule has 0 spiro atoms. The second kappa shape index (κ2) is 3.39. The van der Waals surface area contributed by atoms with Gasteiger partial charge in [0.25, 0.3) is 0 Å². The summed E-state index contributed by atoms with van der Waals surface area (Å²) in [4.78, 5) is 4.03. The molecule has 13 heavy (non-hydrogen) atoms. The van der Waals surface area contributed by atoms with Crippen molar-refractivity contribution in [2.45, 2.75) is 6.54 Å². The first kappa shape index (κ1) is 7.98. The van der Waals surface area contributed by atoms with Gasteiger partial charge in [0.15, 0.2) is 0 Å². The monoisotopic (exact) mass is 172 g/mol. The van der Waals surface area contributed by atoms with E-state index < -0.39 is 0 Å². The lowest BCUT2D eigenvalue weighted by atomic mass is 10.2. The van der Waals surface area contributed by atoms with E-state index in [9.17, 15) is 0 Å². The maximum Gasteiger partial charge on any atom is 0.0938 e. The zero-order valence-corrected chi connectivity index (χ0v) is 7.22. The molecule has 0 aromatic carbocycles. The van der Waals surface area contributed by atoms with Crippen molar-refractivity contribution in [3.63, 3.8) is 0 Å². The van der Waals surface area contributed by atoms with E-state index in [1.165, 1.54) is 0 Å². The third-order valence-electron chi connectivity index (χ3n) is 1.83. The average molecular weight is 172 g/mol. The average Bonchev–Trinajstić information content (AvgIpc) is 2.67. The van der Waals surface area contributed by atoms with Crippen LogP contribution in [0.25, 0.3) is 11.3 Å². The van der Waals surface area contributed by atoms with Crippen molar-refractivity contribution >= 4 is 0 Å². The first-order valence-electron chi connectivity index (χ1n) is 4.13. The van der Waals surface area contributed by atoms with Gasteiger partial charge < -0.3 is 0 Å². The molecule has 2 heterocycles. The van der Waals surface area contributed by atoms with Gasteiger partial charge >= 0.3 is 0 Å². The normalized spacial score (nSPS) is 10.2. The second-order valence-electron chi connectivity index (χ2n) is 2.71. The molecule has 0 unspecified atom stereocenters. The van der Waals surface area contributed by atoms with E-state index in [0.29, 0.717) is 6.54 Å². The van der Waals surface area contributed by atoms with Crippen LogP contribution < -0.4 is 0 Å². The van der Waals surface area contributed by atoms with E-state index >= 15 is 0 Å². The molecule has 3 heteroatoms. The lowest BCUT2D eigenvalue weighted by molar-refractivity contribution is 0.702. The fourth-order valence-corrected chi connectivity index (χ4v) is 1.15. The van der Waals surface area contributed by atoms with E-state index in [1.54, 1.807) is 17.1 Å². The van der Waals surface area contributed by atoms with Gasteiger partial charge in [-0.05, 0) is 25.1 Å². The Balaban J connectivity index is 2.36. The number of rotatable bonds is 2. The van der Waals surface area contributed by atoms with Crippen molar-refractivity contribution in [2.75, 3.05) is 0 Å². The smallest absolute Gasteiger partial charge is 0.0938 e. The van der Waals surface area contributed by atoms with Crippen LogP contribution in [-0.2, 0) is 6.54 Å². The molecule has 65 valence electrons. The van der Waals surface area contributed by atoms with E-state index in [2.05, 4.69) is 17.0 Å². The molecular weight excluding hydrogens is 162 g/mol. The summed E-state index contributed by atoms with van der Waals surface area (Å²) in [5, 5.41) is 4.31. The van der Waals surface area contributed by atoms with Crippen LogP contribution in [0.5, 0.6) is 0 Å². The highest BCUT2D eigenvalue weighted by Crippen LogP contribution is 2.14. The zero-order valence-electron chi connectivity index (χ0n) is 7.22. The molecule has 1 radical (unpaired) electrons. The predicted octanol–water partition coefficient (Wildman–Crippen LogP) is 1.78. The quantitative estimate of drug-likeness (QED) is 0.691. The number of aromatic nitrogens is 3. The van der Waals surface area contributed by atoms with Crippen LogP contribution in [0.15, 0.2) is 36.8 Å². The molecule has 0 aliphatic carbocycles. The Kier molecular flexibility index (Phi) is 2.08. The first-order chi connectivity index (χ1) is 6.40. The Morgan fingerprint density at radius 1 is 1.38 bits per heavy atom. The van der Waals surface area contributed by atoms with Gasteiger partial charge in [0.2, 0.25) is 0 Å². The van der Waals surface area contributed by atoms with Crippen LogP contribution in [0.4, 0.5) is 0 Å². The molecule has 0 N–H and O–H groups in total. The summed E-state index contributed by atoms with van der Waals surface area (Å²) < 4.78 is 1.79. The van der Waals surface area contributed by atoms with Crippen LogP contribution >= 0.6 is 0 Å². The summed E-state index contributed by atoms with van der Waals surface area (Å²) in [6.07, 6.45) is 5.47. The summed E-state index contributed by atoms with van der Waals surface area (Å²) >= 11 is 0. The topological polar surface area (TPSA) is 30.7 Å². The highest BCUT2D eigenvalue weighted by molar-refractivity contribution is 5.56. The van der Waals surface area contributed by atoms with Crippen molar-refractivity contribution in [1.29, 1.82) is 0 Å². The Hall–Kier alpha value is -1.64. The van der Waals surface area contributed by atoms with E-state index in [-0.39, 0.29) is 0 Å². The number of pyridine rings is 1. The minimum absolute atomic E-state index is 0.653. The van der Waals surface area contributed by atoms with Gasteiger partial charge in [0.05, 0.1) is 5.69 Å². The minimum atomic E-state index is 0.653. The summed E-state index contributed by atoms with van der Waals surface area (Å²) in [5.74, 6) is 0. The fraction of sp³-hybridized carbons (Fsp3) is 0.100. The number of nitrogens with zero attached hydrogens (tertiary/aromatic N) is 3. The fourth-order valence-electron chi connectivity index (χ4n) is 1.15. The van der Waals surface area contributed by atoms with Crippen molar-refractivity contribution in [3.8, 4) is 11.3 Å². The predicted molar refractivity (Wildman–Crippen MR) is 50.8 cm³/mol.